The first-order valence-electron chi connectivity index (χ1n) is 17.2. The van der Waals surface area contributed by atoms with E-state index in [2.05, 4.69) is 155 Å². The Bertz CT molecular complexity index is 2230. The second kappa shape index (κ2) is 12.4. The van der Waals surface area contributed by atoms with E-state index in [9.17, 15) is 0 Å². The van der Waals surface area contributed by atoms with Gasteiger partial charge in [0.2, 0.25) is 0 Å². The van der Waals surface area contributed by atoms with Crippen molar-refractivity contribution in [2.24, 2.45) is 0 Å². The zero-order valence-corrected chi connectivity index (χ0v) is 28.5. The molecule has 8 aromatic rings. The number of pyridine rings is 4. The number of hydrogen-bond acceptors (Lipinski definition) is 4. The Labute approximate surface area is 298 Å². The van der Waals surface area contributed by atoms with Gasteiger partial charge in [0.25, 0.3) is 0 Å². The van der Waals surface area contributed by atoms with Gasteiger partial charge in [0.1, 0.15) is 0 Å². The Morgan fingerprint density at radius 1 is 0.275 bits per heavy atom. The van der Waals surface area contributed by atoms with E-state index in [0.29, 0.717) is 0 Å². The van der Waals surface area contributed by atoms with Gasteiger partial charge in [0.15, 0.2) is 0 Å². The molecule has 0 bridgehead atoms. The summed E-state index contributed by atoms with van der Waals surface area (Å²) in [5, 5.41) is 0. The highest BCUT2D eigenvalue weighted by atomic mass is 14.6. The van der Waals surface area contributed by atoms with Crippen LogP contribution in [0.15, 0.2) is 171 Å². The van der Waals surface area contributed by atoms with Gasteiger partial charge >= 0.3 is 0 Å². The highest BCUT2D eigenvalue weighted by Crippen LogP contribution is 2.51. The van der Waals surface area contributed by atoms with Crippen molar-refractivity contribution in [3.8, 4) is 77.9 Å². The van der Waals surface area contributed by atoms with E-state index in [1.165, 1.54) is 44.5 Å². The van der Waals surface area contributed by atoms with Gasteiger partial charge in [-0.3, -0.25) is 19.9 Å². The predicted molar refractivity (Wildman–Crippen MR) is 208 cm³/mol. The first-order valence-corrected chi connectivity index (χ1v) is 17.2. The molecule has 0 aliphatic heterocycles. The minimum absolute atomic E-state index is 0.191. The molecule has 0 atom stereocenters. The van der Waals surface area contributed by atoms with Crippen molar-refractivity contribution >= 4 is 0 Å². The van der Waals surface area contributed by atoms with Gasteiger partial charge in [-0.05, 0) is 186 Å². The monoisotopic (exact) mass is 654 g/mol. The smallest absolute Gasteiger partial charge is 0.0273 e. The molecule has 1 aliphatic rings. The molecule has 0 saturated heterocycles. The first-order chi connectivity index (χ1) is 25.0. The van der Waals surface area contributed by atoms with Crippen LogP contribution in [0.2, 0.25) is 0 Å². The van der Waals surface area contributed by atoms with E-state index in [4.69, 9.17) is 0 Å². The largest absolute Gasteiger partial charge is 0.265 e. The first kappa shape index (κ1) is 30.5. The fourth-order valence-electron chi connectivity index (χ4n) is 7.53. The maximum Gasteiger partial charge on any atom is 0.0273 e. The average Bonchev–Trinajstić information content (AvgIpc) is 3.43. The van der Waals surface area contributed by atoms with Crippen molar-refractivity contribution in [3.63, 3.8) is 0 Å². The van der Waals surface area contributed by atoms with E-state index in [1.54, 1.807) is 0 Å². The third kappa shape index (κ3) is 5.61. The molecule has 242 valence electrons. The number of fused-ring (bicyclic) bond motifs is 3. The van der Waals surface area contributed by atoms with Crippen molar-refractivity contribution in [1.82, 2.24) is 19.9 Å². The molecular weight excluding hydrogens is 621 g/mol. The molecule has 0 spiro atoms. The van der Waals surface area contributed by atoms with E-state index in [-0.39, 0.29) is 5.41 Å². The van der Waals surface area contributed by atoms with Gasteiger partial charge in [-0.2, -0.15) is 0 Å². The number of nitrogens with zero attached hydrogens (tertiary/aromatic N) is 4. The summed E-state index contributed by atoms with van der Waals surface area (Å²) in [4.78, 5) is 17.0. The molecule has 4 aromatic carbocycles. The summed E-state index contributed by atoms with van der Waals surface area (Å²) in [6, 6.07) is 44.3. The predicted octanol–water partition coefficient (Wildman–Crippen LogP) is 11.6. The fraction of sp³-hybridized carbons (Fsp3) is 0.0638. The minimum Gasteiger partial charge on any atom is -0.265 e. The molecule has 51 heavy (non-hydrogen) atoms. The van der Waals surface area contributed by atoms with Crippen LogP contribution in [-0.4, -0.2) is 19.9 Å². The van der Waals surface area contributed by atoms with Crippen molar-refractivity contribution in [2.45, 2.75) is 19.3 Å². The van der Waals surface area contributed by atoms with E-state index in [0.717, 1.165) is 44.5 Å². The van der Waals surface area contributed by atoms with Crippen LogP contribution in [0.25, 0.3) is 77.9 Å². The van der Waals surface area contributed by atoms with Crippen LogP contribution < -0.4 is 0 Å². The summed E-state index contributed by atoms with van der Waals surface area (Å²) in [7, 11) is 0. The molecule has 4 nitrogen and oxygen atoms in total. The van der Waals surface area contributed by atoms with Crippen molar-refractivity contribution in [2.75, 3.05) is 0 Å². The van der Waals surface area contributed by atoms with Crippen LogP contribution >= 0.6 is 0 Å². The Morgan fingerprint density at radius 3 is 0.804 bits per heavy atom. The third-order valence-corrected chi connectivity index (χ3v) is 10.3. The zero-order chi connectivity index (χ0) is 34.4. The lowest BCUT2D eigenvalue weighted by Crippen LogP contribution is -2.15. The molecule has 0 N–H and O–H groups in total. The normalized spacial score (nSPS) is 12.7. The molecule has 0 radical (unpaired) electrons. The number of aromatic nitrogens is 4. The lowest BCUT2D eigenvalue weighted by molar-refractivity contribution is 0.661. The van der Waals surface area contributed by atoms with Crippen molar-refractivity contribution in [1.29, 1.82) is 0 Å². The lowest BCUT2D eigenvalue weighted by atomic mass is 9.80. The SMILES string of the molecule is CC1(C)c2cc(-c3cc(-c4ccncc4)cc(-c4ccncc4)c3)ccc2-c2ccc(-c3cc(-c4ccncc4)cc(-c4ccncc4)c3)cc21. The topological polar surface area (TPSA) is 51.6 Å². The Morgan fingerprint density at radius 2 is 0.529 bits per heavy atom. The van der Waals surface area contributed by atoms with Gasteiger partial charge in [-0.15, -0.1) is 0 Å². The van der Waals surface area contributed by atoms with Crippen molar-refractivity contribution < 1.29 is 0 Å². The molecule has 9 rings (SSSR count). The molecule has 0 fully saturated rings. The van der Waals surface area contributed by atoms with Crippen LogP contribution in [0.5, 0.6) is 0 Å². The van der Waals surface area contributed by atoms with Crippen LogP contribution in [0.3, 0.4) is 0 Å². The molecule has 4 aromatic heterocycles. The second-order valence-electron chi connectivity index (χ2n) is 13.7. The van der Waals surface area contributed by atoms with Gasteiger partial charge in [-0.25, -0.2) is 0 Å². The average molecular weight is 655 g/mol. The number of hydrogen-bond donors (Lipinski definition) is 0. The Balaban J connectivity index is 1.14. The highest BCUT2D eigenvalue weighted by Gasteiger charge is 2.36. The van der Waals surface area contributed by atoms with E-state index >= 15 is 0 Å². The summed E-state index contributed by atoms with van der Waals surface area (Å²) in [5.41, 5.74) is 19.1. The molecular formula is C47H34N4. The summed E-state index contributed by atoms with van der Waals surface area (Å²) >= 11 is 0. The summed E-state index contributed by atoms with van der Waals surface area (Å²) in [6.45, 7) is 4.72. The van der Waals surface area contributed by atoms with Crippen LogP contribution in [-0.2, 0) is 5.41 Å². The van der Waals surface area contributed by atoms with Crippen molar-refractivity contribution in [3.05, 3.63) is 182 Å². The molecule has 4 heterocycles. The second-order valence-corrected chi connectivity index (χ2v) is 13.7. The Kier molecular flexibility index (Phi) is 7.44. The highest BCUT2D eigenvalue weighted by molar-refractivity contribution is 5.89. The minimum atomic E-state index is -0.191. The number of rotatable bonds is 6. The maximum absolute atomic E-state index is 4.26. The standard InChI is InChI=1S/C47H34N4/c1-47(2)45-29-35(41-25-37(31-7-15-48-16-8-31)23-38(26-41)32-9-17-49-18-10-32)3-5-43(45)44-6-4-36(30-46(44)47)42-27-39(33-11-19-50-20-12-33)24-40(28-42)34-13-21-51-22-14-34/h3-30H,1-2H3. The lowest BCUT2D eigenvalue weighted by Gasteiger charge is -2.23. The summed E-state index contributed by atoms with van der Waals surface area (Å²) in [5.74, 6) is 0. The molecule has 0 amide bonds. The van der Waals surface area contributed by atoms with Gasteiger partial charge in [0, 0.05) is 55.0 Å². The van der Waals surface area contributed by atoms with Gasteiger partial charge in [0.05, 0.1) is 0 Å². The summed E-state index contributed by atoms with van der Waals surface area (Å²) in [6.07, 6.45) is 14.8. The Hall–Kier alpha value is -6.52. The van der Waals surface area contributed by atoms with Crippen LogP contribution in [0.4, 0.5) is 0 Å². The quantitative estimate of drug-likeness (QED) is 0.179. The third-order valence-electron chi connectivity index (χ3n) is 10.3. The van der Waals surface area contributed by atoms with Gasteiger partial charge in [-0.1, -0.05) is 38.1 Å². The number of benzene rings is 4. The molecule has 0 saturated carbocycles. The van der Waals surface area contributed by atoms with Crippen LogP contribution in [0, 0.1) is 0 Å². The van der Waals surface area contributed by atoms with E-state index < -0.39 is 0 Å². The molecule has 0 unspecified atom stereocenters. The zero-order valence-electron chi connectivity index (χ0n) is 28.5. The maximum atomic E-state index is 4.26. The fourth-order valence-corrected chi connectivity index (χ4v) is 7.53. The molecule has 4 heteroatoms. The van der Waals surface area contributed by atoms with Crippen LogP contribution in [0.1, 0.15) is 25.0 Å². The molecule has 1 aliphatic carbocycles. The van der Waals surface area contributed by atoms with Gasteiger partial charge < -0.3 is 0 Å². The summed E-state index contributed by atoms with van der Waals surface area (Å²) < 4.78 is 0. The van der Waals surface area contributed by atoms with E-state index in [1.807, 2.05) is 49.6 Å².